The van der Waals surface area contributed by atoms with Crippen LogP contribution in [0, 0.1) is 17.2 Å². The second-order valence-corrected chi connectivity index (χ2v) is 12.8. The third kappa shape index (κ3) is 17.5. The molecule has 0 aliphatic carbocycles. The summed E-state index contributed by atoms with van der Waals surface area (Å²) in [5.74, 6) is -1.04. The lowest BCUT2D eigenvalue weighted by atomic mass is 9.87. The topological polar surface area (TPSA) is 157 Å². The smallest absolute Gasteiger partial charge is 0.330 e. The van der Waals surface area contributed by atoms with E-state index in [-0.39, 0.29) is 49.0 Å². The average molecular weight is 732 g/mol. The fraction of sp³-hybridized carbons (Fsp3) is 0.525. The van der Waals surface area contributed by atoms with Crippen LogP contribution in [0.15, 0.2) is 48.6 Å². The number of amides is 1. The highest BCUT2D eigenvalue weighted by atomic mass is 19.1. The van der Waals surface area contributed by atoms with E-state index in [9.17, 15) is 28.7 Å². The number of phenols is 1. The number of methoxy groups -OCH3 is 1. The molecule has 1 saturated heterocycles. The van der Waals surface area contributed by atoms with Gasteiger partial charge in [-0.25, -0.2) is 9.18 Å². The second-order valence-electron chi connectivity index (χ2n) is 12.8. The van der Waals surface area contributed by atoms with E-state index in [0.29, 0.717) is 24.5 Å². The van der Waals surface area contributed by atoms with Crippen LogP contribution in [-0.4, -0.2) is 77.9 Å². The summed E-state index contributed by atoms with van der Waals surface area (Å²) in [6.07, 6.45) is 8.00. The largest absolute Gasteiger partial charge is 0.504 e. The first kappa shape index (κ1) is 47.3. The molecule has 2 aromatic carbocycles. The van der Waals surface area contributed by atoms with Gasteiger partial charge in [0.15, 0.2) is 17.3 Å². The van der Waals surface area contributed by atoms with Crippen molar-refractivity contribution in [1.29, 1.82) is 0 Å². The number of aromatic hydroxyl groups is 1. The van der Waals surface area contributed by atoms with Crippen LogP contribution in [0.4, 0.5) is 4.39 Å². The maximum absolute atomic E-state index is 13.8. The molecule has 1 aliphatic rings. The van der Waals surface area contributed by atoms with Gasteiger partial charge in [-0.15, -0.1) is 0 Å². The summed E-state index contributed by atoms with van der Waals surface area (Å²) in [5.41, 5.74) is 0.791. The molecule has 0 aromatic heterocycles. The number of halogens is 1. The van der Waals surface area contributed by atoms with Crippen LogP contribution < -0.4 is 9.47 Å². The van der Waals surface area contributed by atoms with Gasteiger partial charge >= 0.3 is 5.97 Å². The summed E-state index contributed by atoms with van der Waals surface area (Å²) in [7, 11) is 1.51. The van der Waals surface area contributed by atoms with E-state index in [4.69, 9.17) is 24.1 Å². The number of allylic oxidation sites excluding steroid dienone is 1. The summed E-state index contributed by atoms with van der Waals surface area (Å²) in [6, 6.07) is 9.93. The van der Waals surface area contributed by atoms with Gasteiger partial charge < -0.3 is 29.3 Å². The van der Waals surface area contributed by atoms with Gasteiger partial charge in [0.05, 0.1) is 12.5 Å². The van der Waals surface area contributed by atoms with Crippen LogP contribution in [0.3, 0.4) is 0 Å². The van der Waals surface area contributed by atoms with Crippen LogP contribution in [-0.2, 0) is 41.6 Å². The minimum absolute atomic E-state index is 0.0184. The van der Waals surface area contributed by atoms with Crippen molar-refractivity contribution in [2.45, 2.75) is 100.0 Å². The van der Waals surface area contributed by atoms with Crippen LogP contribution >= 0.6 is 0 Å². The van der Waals surface area contributed by atoms with E-state index >= 15 is 0 Å². The van der Waals surface area contributed by atoms with Gasteiger partial charge in [0.2, 0.25) is 5.78 Å². The summed E-state index contributed by atoms with van der Waals surface area (Å²) >= 11 is 0. The fourth-order valence-electron chi connectivity index (χ4n) is 4.88. The van der Waals surface area contributed by atoms with Crippen LogP contribution in [0.5, 0.6) is 17.2 Å². The molecule has 12 heteroatoms. The average Bonchev–Trinajstić information content (AvgIpc) is 3.11. The molecule has 1 atom stereocenters. The van der Waals surface area contributed by atoms with Crippen molar-refractivity contribution in [3.05, 3.63) is 65.5 Å². The highest BCUT2D eigenvalue weighted by Crippen LogP contribution is 2.27. The third-order valence-corrected chi connectivity index (χ3v) is 7.88. The summed E-state index contributed by atoms with van der Waals surface area (Å²) < 4.78 is 29.2. The Labute approximate surface area is 308 Å². The lowest BCUT2D eigenvalue weighted by Crippen LogP contribution is -2.49. The number of ketones is 2. The number of carbonyl (C=O) groups excluding carboxylic acids is 4. The molecule has 1 unspecified atom stereocenters. The van der Waals surface area contributed by atoms with Gasteiger partial charge in [-0.3, -0.25) is 19.2 Å². The molecule has 11 nitrogen and oxygen atoms in total. The number of likely N-dealkylation sites (tertiary alicyclic amines) is 1. The first-order chi connectivity index (χ1) is 24.6. The van der Waals surface area contributed by atoms with Crippen LogP contribution in [0.25, 0.3) is 0 Å². The Hall–Kier alpha value is -4.74. The molecular weight excluding hydrogens is 673 g/mol. The number of rotatable bonds is 14. The number of carbonyl (C=O) groups is 5. The van der Waals surface area contributed by atoms with E-state index in [2.05, 4.69) is 0 Å². The van der Waals surface area contributed by atoms with Crippen LogP contribution in [0.2, 0.25) is 0 Å². The number of hydrogen-bond acceptors (Lipinski definition) is 9. The number of ether oxygens (including phenoxy) is 3. The summed E-state index contributed by atoms with van der Waals surface area (Å²) in [5, 5.41) is 16.7. The molecule has 1 aliphatic heterocycles. The number of hydrogen-bond donors (Lipinski definition) is 2. The molecule has 290 valence electrons. The number of benzene rings is 2. The molecule has 3 rings (SSSR count). The molecule has 0 radical (unpaired) electrons. The Morgan fingerprint density at radius 3 is 2.23 bits per heavy atom. The van der Waals surface area contributed by atoms with E-state index in [1.165, 1.54) is 25.3 Å². The lowest BCUT2D eigenvalue weighted by molar-refractivity contribution is -0.155. The van der Waals surface area contributed by atoms with Gasteiger partial charge in [0, 0.05) is 30.6 Å². The molecule has 2 aromatic rings. The quantitative estimate of drug-likeness (QED) is 0.0886. The molecule has 1 heterocycles. The number of Topliss-reactive ketones (excluding diaryl/α,β-unsaturated/α-hetero) is 2. The monoisotopic (exact) mass is 731 g/mol. The van der Waals surface area contributed by atoms with E-state index in [0.717, 1.165) is 43.2 Å². The zero-order valence-corrected chi connectivity index (χ0v) is 32.2. The maximum Gasteiger partial charge on any atom is 0.330 e. The standard InChI is InChI=1S/C21H25FO4.C16H25NO4.C2H6.CH2O2/c1-14(2)20(24)13-26-18-10-16(9-17(22)12-18)6-4-5-15-7-8-21(25-3)19(23)11-15;1-5-8-13(18)21-11-16(3,4)14(19)15(20)17-10-7-6-9-12(17)2;1-2;2-1-3/h7-12,14,23H,4-6,13H2,1-3H3;5,8,12H,6-7,9-11H2,1-4H3;1-2H3;1H,(H,2,3)/b;8-5-;;. The number of aryl methyl sites for hydroxylation is 2. The SMILES string of the molecule is C/C=C\C(=O)OCC(C)(C)C(=O)C(=O)N1CCCCC1C.CC.COc1ccc(CCCc2cc(F)cc(OCC(=O)C(C)C)c2)cc1O.O=CO. The van der Waals surface area contributed by atoms with E-state index in [1.807, 2.05) is 26.8 Å². The van der Waals surface area contributed by atoms with Gasteiger partial charge in [-0.2, -0.15) is 0 Å². The van der Waals surface area contributed by atoms with Crippen molar-refractivity contribution in [1.82, 2.24) is 4.90 Å². The number of phenolic OH excluding ortho intramolecular Hbond substituents is 1. The normalized spacial score (nSPS) is 13.7. The minimum atomic E-state index is -1.01. The van der Waals surface area contributed by atoms with Crippen molar-refractivity contribution in [3.8, 4) is 17.2 Å². The molecule has 1 amide bonds. The predicted molar refractivity (Wildman–Crippen MR) is 198 cm³/mol. The molecule has 2 N–H and O–H groups in total. The van der Waals surface area contributed by atoms with E-state index < -0.39 is 23.1 Å². The fourth-order valence-corrected chi connectivity index (χ4v) is 4.88. The molecule has 0 bridgehead atoms. The maximum atomic E-state index is 13.8. The Kier molecular flexibility index (Phi) is 22.9. The van der Waals surface area contributed by atoms with Gasteiger partial charge in [0.25, 0.3) is 12.4 Å². The van der Waals surface area contributed by atoms with Crippen molar-refractivity contribution in [2.24, 2.45) is 11.3 Å². The van der Waals surface area contributed by atoms with Gasteiger partial charge in [-0.05, 0) is 102 Å². The Morgan fingerprint density at radius 1 is 1.04 bits per heavy atom. The molecular formula is C40H58FNO10. The predicted octanol–water partition coefficient (Wildman–Crippen LogP) is 7.15. The molecule has 0 spiro atoms. The Balaban J connectivity index is 0.000000906. The highest BCUT2D eigenvalue weighted by molar-refractivity contribution is 6.38. The number of piperidine rings is 1. The third-order valence-electron chi connectivity index (χ3n) is 7.88. The summed E-state index contributed by atoms with van der Waals surface area (Å²) in [4.78, 5) is 57.7. The lowest BCUT2D eigenvalue weighted by Gasteiger charge is -2.34. The zero-order chi connectivity index (χ0) is 39.9. The van der Waals surface area contributed by atoms with Gasteiger partial charge in [0.1, 0.15) is 24.8 Å². The van der Waals surface area contributed by atoms with Crippen molar-refractivity contribution in [2.75, 3.05) is 26.9 Å². The van der Waals surface area contributed by atoms with Gasteiger partial charge in [-0.1, -0.05) is 39.8 Å². The molecule has 52 heavy (non-hydrogen) atoms. The van der Waals surface area contributed by atoms with Crippen LogP contribution in [0.1, 0.15) is 92.2 Å². The summed E-state index contributed by atoms with van der Waals surface area (Å²) in [6.45, 7) is 14.8. The Morgan fingerprint density at radius 2 is 1.67 bits per heavy atom. The highest BCUT2D eigenvalue weighted by Gasteiger charge is 2.38. The first-order valence-corrected chi connectivity index (χ1v) is 17.6. The van der Waals surface area contributed by atoms with Crippen molar-refractivity contribution < 1.29 is 52.8 Å². The Bertz CT molecular complexity index is 1450. The van der Waals surface area contributed by atoms with Crippen molar-refractivity contribution in [3.63, 3.8) is 0 Å². The number of carboxylic acid groups (broad SMARTS) is 1. The number of nitrogens with zero attached hydrogens (tertiary/aromatic N) is 1. The molecule has 0 saturated carbocycles. The second kappa shape index (κ2) is 25.3. The van der Waals surface area contributed by atoms with E-state index in [1.54, 1.807) is 63.8 Å². The minimum Gasteiger partial charge on any atom is -0.504 e. The number of esters is 1. The first-order valence-electron chi connectivity index (χ1n) is 17.6. The molecule has 1 fully saturated rings. The zero-order valence-electron chi connectivity index (χ0n) is 32.2. The van der Waals surface area contributed by atoms with Crippen molar-refractivity contribution >= 4 is 29.9 Å².